The fourth-order valence-corrected chi connectivity index (χ4v) is 2.83. The van der Waals surface area contributed by atoms with Gasteiger partial charge < -0.3 is 9.05 Å². The van der Waals surface area contributed by atoms with Crippen LogP contribution in [0.3, 0.4) is 0 Å². The van der Waals surface area contributed by atoms with Gasteiger partial charge >= 0.3 is 7.60 Å². The minimum atomic E-state index is -3.13. The van der Waals surface area contributed by atoms with Gasteiger partial charge in [0.05, 0.1) is 13.2 Å². The zero-order valence-electron chi connectivity index (χ0n) is 9.79. The molecule has 0 aliphatic heterocycles. The lowest BCUT2D eigenvalue weighted by atomic mass is 9.97. The number of rotatable bonds is 5. The third-order valence-electron chi connectivity index (χ3n) is 1.79. The van der Waals surface area contributed by atoms with Crippen LogP contribution < -0.4 is 0 Å². The largest absolute Gasteiger partial charge is 0.357 e. The summed E-state index contributed by atoms with van der Waals surface area (Å²) in [6.45, 7) is 14.0. The first-order valence-corrected chi connectivity index (χ1v) is 6.41. The summed E-state index contributed by atoms with van der Waals surface area (Å²) in [5.41, 5.74) is -0.264. The molecule has 0 heterocycles. The third-order valence-corrected chi connectivity index (χ3v) is 4.32. The van der Waals surface area contributed by atoms with Gasteiger partial charge in [-0.25, -0.2) is 0 Å². The van der Waals surface area contributed by atoms with Crippen molar-refractivity contribution in [3.63, 3.8) is 0 Å². The number of allylic oxidation sites excluding steroid dienone is 1. The predicted molar refractivity (Wildman–Crippen MR) is 59.5 cm³/mol. The van der Waals surface area contributed by atoms with Gasteiger partial charge in [-0.2, -0.15) is 0 Å². The lowest BCUT2D eigenvalue weighted by molar-refractivity contribution is 0.220. The van der Waals surface area contributed by atoms with Gasteiger partial charge in [0.15, 0.2) is 0 Å². The van der Waals surface area contributed by atoms with Gasteiger partial charge in [0.1, 0.15) is 0 Å². The van der Waals surface area contributed by atoms with Gasteiger partial charge in [0.2, 0.25) is 0 Å². The van der Waals surface area contributed by atoms with E-state index >= 15 is 0 Å². The van der Waals surface area contributed by atoms with Crippen molar-refractivity contribution >= 4 is 7.60 Å². The molecule has 0 N–H and O–H groups in total. The van der Waals surface area contributed by atoms with Crippen LogP contribution in [0.4, 0.5) is 0 Å². The molecule has 0 rings (SSSR count). The fourth-order valence-electron chi connectivity index (χ4n) is 0.944. The molecule has 0 saturated carbocycles. The highest BCUT2D eigenvalue weighted by atomic mass is 31.2. The quantitative estimate of drug-likeness (QED) is 0.661. The maximum atomic E-state index is 12.2. The Morgan fingerprint density at radius 3 is 1.79 bits per heavy atom. The fraction of sp³-hybridized carbons (Fsp3) is 0.800. The maximum Gasteiger partial charge on any atom is 0.357 e. The predicted octanol–water partition coefficient (Wildman–Crippen LogP) is 3.81. The molecular formula is C10H21O3P. The van der Waals surface area contributed by atoms with Crippen molar-refractivity contribution in [2.24, 2.45) is 5.41 Å². The molecule has 4 heteroatoms. The van der Waals surface area contributed by atoms with Crippen molar-refractivity contribution in [1.82, 2.24) is 0 Å². The minimum Gasteiger partial charge on any atom is -0.306 e. The van der Waals surface area contributed by atoms with E-state index in [4.69, 9.17) is 9.05 Å². The smallest absolute Gasteiger partial charge is 0.306 e. The summed E-state index contributed by atoms with van der Waals surface area (Å²) in [5.74, 6) is 0. The second-order valence-electron chi connectivity index (χ2n) is 4.03. The van der Waals surface area contributed by atoms with E-state index in [0.29, 0.717) is 18.5 Å². The Morgan fingerprint density at radius 1 is 1.21 bits per heavy atom. The molecule has 0 aromatic carbocycles. The third kappa shape index (κ3) is 3.56. The zero-order chi connectivity index (χ0) is 11.4. The molecule has 0 spiro atoms. The number of hydrogen-bond acceptors (Lipinski definition) is 3. The Hall–Kier alpha value is -0.110. The van der Waals surface area contributed by atoms with Gasteiger partial charge in [-0.05, 0) is 19.3 Å². The molecule has 3 nitrogen and oxygen atoms in total. The Morgan fingerprint density at radius 2 is 1.57 bits per heavy atom. The minimum absolute atomic E-state index is 0.264. The molecule has 0 bridgehead atoms. The maximum absolute atomic E-state index is 12.2. The normalized spacial score (nSPS) is 12.9. The monoisotopic (exact) mass is 220 g/mol. The molecule has 84 valence electrons. The molecule has 0 unspecified atom stereocenters. The van der Waals surface area contributed by atoms with Crippen LogP contribution >= 0.6 is 7.60 Å². The zero-order valence-corrected chi connectivity index (χ0v) is 10.7. The van der Waals surface area contributed by atoms with Crippen LogP contribution in [-0.2, 0) is 13.6 Å². The van der Waals surface area contributed by atoms with Gasteiger partial charge in [-0.15, -0.1) is 0 Å². The van der Waals surface area contributed by atoms with Gasteiger partial charge in [0, 0.05) is 5.31 Å². The summed E-state index contributed by atoms with van der Waals surface area (Å²) in [5, 5.41) is 0.536. The van der Waals surface area contributed by atoms with E-state index in [-0.39, 0.29) is 5.41 Å². The highest BCUT2D eigenvalue weighted by molar-refractivity contribution is 7.58. The van der Waals surface area contributed by atoms with Crippen molar-refractivity contribution in [2.45, 2.75) is 34.6 Å². The standard InChI is InChI=1S/C10H21O3P/c1-7-12-14(11,13-8-2)9(3)10(4,5)6/h3,7-8H2,1-2,4-6H3. The molecule has 0 atom stereocenters. The van der Waals surface area contributed by atoms with Crippen LogP contribution in [0, 0.1) is 5.41 Å². The highest BCUT2D eigenvalue weighted by Crippen LogP contribution is 2.60. The molecular weight excluding hydrogens is 199 g/mol. The van der Waals surface area contributed by atoms with Crippen molar-refractivity contribution in [2.75, 3.05) is 13.2 Å². The van der Waals surface area contributed by atoms with Crippen LogP contribution in [0.1, 0.15) is 34.6 Å². The second kappa shape index (κ2) is 5.11. The first-order valence-electron chi connectivity index (χ1n) is 4.87. The van der Waals surface area contributed by atoms with Crippen molar-refractivity contribution < 1.29 is 13.6 Å². The van der Waals surface area contributed by atoms with E-state index in [9.17, 15) is 4.57 Å². The van der Waals surface area contributed by atoms with Crippen LogP contribution in [0.2, 0.25) is 0 Å². The highest BCUT2D eigenvalue weighted by Gasteiger charge is 2.35. The van der Waals surface area contributed by atoms with E-state index in [0.717, 1.165) is 0 Å². The molecule has 0 saturated heterocycles. The Bertz CT molecular complexity index is 230. The van der Waals surface area contributed by atoms with Crippen LogP contribution in [-0.4, -0.2) is 13.2 Å². The summed E-state index contributed by atoms with van der Waals surface area (Å²) in [6.07, 6.45) is 0. The van der Waals surface area contributed by atoms with Crippen LogP contribution in [0.5, 0.6) is 0 Å². The lowest BCUT2D eigenvalue weighted by Crippen LogP contribution is -2.12. The average molecular weight is 220 g/mol. The molecule has 0 aromatic rings. The summed E-state index contributed by atoms with van der Waals surface area (Å²) >= 11 is 0. The van der Waals surface area contributed by atoms with E-state index in [1.807, 2.05) is 20.8 Å². The van der Waals surface area contributed by atoms with E-state index in [2.05, 4.69) is 6.58 Å². The molecule has 0 fully saturated rings. The lowest BCUT2D eigenvalue weighted by Gasteiger charge is -2.28. The van der Waals surface area contributed by atoms with Crippen LogP contribution in [0.25, 0.3) is 0 Å². The van der Waals surface area contributed by atoms with E-state index < -0.39 is 7.60 Å². The first kappa shape index (κ1) is 13.9. The summed E-state index contributed by atoms with van der Waals surface area (Å²) < 4.78 is 22.6. The Kier molecular flexibility index (Phi) is 5.07. The van der Waals surface area contributed by atoms with Gasteiger partial charge in [0.25, 0.3) is 0 Å². The number of hydrogen-bond donors (Lipinski definition) is 0. The molecule has 0 aliphatic rings. The van der Waals surface area contributed by atoms with Crippen molar-refractivity contribution in [3.8, 4) is 0 Å². The van der Waals surface area contributed by atoms with Gasteiger partial charge in [-0.1, -0.05) is 27.4 Å². The molecule has 0 aromatic heterocycles. The molecule has 0 radical (unpaired) electrons. The molecule has 14 heavy (non-hydrogen) atoms. The summed E-state index contributed by atoms with van der Waals surface area (Å²) in [4.78, 5) is 0. The Labute approximate surface area is 87.0 Å². The molecule has 0 aliphatic carbocycles. The second-order valence-corrected chi connectivity index (χ2v) is 6.08. The van der Waals surface area contributed by atoms with Crippen LogP contribution in [0.15, 0.2) is 11.9 Å². The first-order chi connectivity index (χ1) is 6.28. The molecule has 0 amide bonds. The van der Waals surface area contributed by atoms with E-state index in [1.165, 1.54) is 0 Å². The SMILES string of the molecule is C=C(C(C)(C)C)P(=O)(OCC)OCC. The summed E-state index contributed by atoms with van der Waals surface area (Å²) in [6, 6.07) is 0. The average Bonchev–Trinajstić information content (AvgIpc) is 2.02. The van der Waals surface area contributed by atoms with Crippen molar-refractivity contribution in [3.05, 3.63) is 11.9 Å². The van der Waals surface area contributed by atoms with E-state index in [1.54, 1.807) is 13.8 Å². The van der Waals surface area contributed by atoms with Crippen molar-refractivity contribution in [1.29, 1.82) is 0 Å². The summed E-state index contributed by atoms with van der Waals surface area (Å²) in [7, 11) is -3.13. The Balaban J connectivity index is 4.83. The van der Waals surface area contributed by atoms with Gasteiger partial charge in [-0.3, -0.25) is 4.57 Å². The topological polar surface area (TPSA) is 35.5 Å².